The summed E-state index contributed by atoms with van der Waals surface area (Å²) >= 11 is 13.9. The topological polar surface area (TPSA) is 27.1 Å². The van der Waals surface area contributed by atoms with E-state index in [4.69, 9.17) is 27.9 Å². The van der Waals surface area contributed by atoms with Crippen LogP contribution in [0.3, 0.4) is 0 Å². The lowest BCUT2D eigenvalue weighted by molar-refractivity contribution is 0.0550. The number of benzene rings is 1. The van der Waals surface area contributed by atoms with Crippen molar-refractivity contribution in [3.8, 4) is 0 Å². The molecule has 0 saturated carbocycles. The molecule has 0 fully saturated rings. The van der Waals surface area contributed by atoms with E-state index in [2.05, 4.69) is 16.5 Å². The van der Waals surface area contributed by atoms with E-state index in [1.165, 1.54) is 12.8 Å². The maximum absolute atomic E-state index is 6.24. The summed E-state index contributed by atoms with van der Waals surface area (Å²) in [4.78, 5) is 5.12. The van der Waals surface area contributed by atoms with Gasteiger partial charge in [0, 0.05) is 34.7 Å². The van der Waals surface area contributed by atoms with Gasteiger partial charge < -0.3 is 9.30 Å². The quantitative estimate of drug-likeness (QED) is 0.403. The Hall–Kier alpha value is -0.680. The molecule has 0 aliphatic carbocycles. The zero-order chi connectivity index (χ0) is 16.5. The Balaban J connectivity index is 1.90. The van der Waals surface area contributed by atoms with Gasteiger partial charge in [-0.25, -0.2) is 4.98 Å². The fourth-order valence-corrected chi connectivity index (χ4v) is 3.66. The van der Waals surface area contributed by atoms with Crippen LogP contribution in [0.1, 0.15) is 26.2 Å². The molecule has 126 valence electrons. The lowest BCUT2D eigenvalue weighted by atomic mass is 10.3. The summed E-state index contributed by atoms with van der Waals surface area (Å²) in [6.07, 6.45) is 9.20. The molecule has 0 amide bonds. The van der Waals surface area contributed by atoms with Gasteiger partial charge in [0.1, 0.15) is 0 Å². The number of hydrogen-bond donors (Lipinski definition) is 0. The first kappa shape index (κ1) is 18.7. The average Bonchev–Trinajstić information content (AvgIpc) is 3.03. The average molecular weight is 373 g/mol. The zero-order valence-electron chi connectivity index (χ0n) is 13.3. The molecule has 2 aromatic rings. The number of rotatable bonds is 10. The maximum Gasteiger partial charge on any atom is 0.0946 e. The second kappa shape index (κ2) is 10.2. The van der Waals surface area contributed by atoms with Gasteiger partial charge in [0.15, 0.2) is 0 Å². The van der Waals surface area contributed by atoms with Crippen molar-refractivity contribution in [1.82, 2.24) is 9.55 Å². The minimum atomic E-state index is 0.123. The molecule has 23 heavy (non-hydrogen) atoms. The zero-order valence-corrected chi connectivity index (χ0v) is 15.6. The molecule has 1 atom stereocenters. The fourth-order valence-electron chi connectivity index (χ4n) is 2.16. The molecule has 0 spiro atoms. The van der Waals surface area contributed by atoms with E-state index in [0.717, 1.165) is 30.2 Å². The van der Waals surface area contributed by atoms with E-state index in [9.17, 15) is 0 Å². The third-order valence-corrected chi connectivity index (χ3v) is 5.26. The highest BCUT2D eigenvalue weighted by molar-refractivity contribution is 7.99. The molecular weight excluding hydrogens is 351 g/mol. The molecule has 6 heteroatoms. The summed E-state index contributed by atoms with van der Waals surface area (Å²) in [7, 11) is 0. The van der Waals surface area contributed by atoms with Crippen molar-refractivity contribution in [1.29, 1.82) is 0 Å². The number of imidazole rings is 1. The van der Waals surface area contributed by atoms with Crippen LogP contribution >= 0.6 is 35.0 Å². The Labute approximate surface area is 152 Å². The van der Waals surface area contributed by atoms with E-state index in [0.29, 0.717) is 10.0 Å². The van der Waals surface area contributed by atoms with E-state index in [1.54, 1.807) is 24.0 Å². The van der Waals surface area contributed by atoms with Gasteiger partial charge >= 0.3 is 0 Å². The summed E-state index contributed by atoms with van der Waals surface area (Å²) < 4.78 is 8.11. The van der Waals surface area contributed by atoms with Gasteiger partial charge in [0.05, 0.1) is 24.0 Å². The third kappa shape index (κ3) is 6.76. The van der Waals surface area contributed by atoms with Crippen molar-refractivity contribution in [2.75, 3.05) is 12.4 Å². The van der Waals surface area contributed by atoms with Gasteiger partial charge in [0.25, 0.3) is 0 Å². The molecule has 3 nitrogen and oxygen atoms in total. The van der Waals surface area contributed by atoms with Crippen LogP contribution in [0.2, 0.25) is 10.0 Å². The number of thioether (sulfide) groups is 1. The van der Waals surface area contributed by atoms with Crippen LogP contribution < -0.4 is 0 Å². The summed E-state index contributed by atoms with van der Waals surface area (Å²) in [5, 5.41) is 1.35. The molecule has 1 unspecified atom stereocenters. The number of unbranched alkanes of at least 4 members (excludes halogenated alkanes) is 2. The first-order chi connectivity index (χ1) is 11.2. The number of hydrogen-bond acceptors (Lipinski definition) is 3. The van der Waals surface area contributed by atoms with Gasteiger partial charge in [-0.2, -0.15) is 0 Å². The summed E-state index contributed by atoms with van der Waals surface area (Å²) in [5.74, 6) is 0.839. The Morgan fingerprint density at radius 1 is 1.30 bits per heavy atom. The molecule has 2 rings (SSSR count). The fraction of sp³-hybridized carbons (Fsp3) is 0.471. The molecular formula is C17H22Cl2N2OS. The largest absolute Gasteiger partial charge is 0.375 e. The van der Waals surface area contributed by atoms with Crippen molar-refractivity contribution < 1.29 is 4.74 Å². The first-order valence-electron chi connectivity index (χ1n) is 7.84. The normalized spacial score (nSPS) is 12.5. The van der Waals surface area contributed by atoms with Crippen LogP contribution in [-0.2, 0) is 11.3 Å². The number of nitrogens with zero attached hydrogens (tertiary/aromatic N) is 2. The van der Waals surface area contributed by atoms with Crippen LogP contribution in [0.15, 0.2) is 41.8 Å². The molecule has 1 aromatic heterocycles. The minimum absolute atomic E-state index is 0.123. The van der Waals surface area contributed by atoms with E-state index in [1.807, 2.05) is 24.7 Å². The lowest BCUT2D eigenvalue weighted by Gasteiger charge is -2.18. The van der Waals surface area contributed by atoms with Gasteiger partial charge in [0.2, 0.25) is 0 Å². The van der Waals surface area contributed by atoms with Crippen molar-refractivity contribution in [3.05, 3.63) is 47.0 Å². The van der Waals surface area contributed by atoms with Crippen molar-refractivity contribution in [2.24, 2.45) is 0 Å². The highest BCUT2D eigenvalue weighted by atomic mass is 35.5. The maximum atomic E-state index is 6.24. The van der Waals surface area contributed by atoms with Crippen molar-refractivity contribution >= 4 is 35.0 Å². The Bertz CT molecular complexity index is 578. The number of halogens is 2. The van der Waals surface area contributed by atoms with E-state index >= 15 is 0 Å². The lowest BCUT2D eigenvalue weighted by Crippen LogP contribution is -2.23. The highest BCUT2D eigenvalue weighted by Gasteiger charge is 2.12. The summed E-state index contributed by atoms with van der Waals surface area (Å²) in [6, 6.07) is 5.60. The molecule has 1 heterocycles. The molecule has 0 aliphatic heterocycles. The molecule has 1 aromatic carbocycles. The Morgan fingerprint density at radius 2 is 2.17 bits per heavy atom. The summed E-state index contributed by atoms with van der Waals surface area (Å²) in [6.45, 7) is 3.79. The predicted octanol–water partition coefficient (Wildman–Crippen LogP) is 5.56. The standard InChI is InChI=1S/C17H22Cl2N2OS/c1-2-3-4-9-22-15(11-21-8-7-20-13-21)12-23-17-6-5-14(18)10-16(17)19/h5-8,10,13,15H,2-4,9,11-12H2,1H3. The van der Waals surface area contributed by atoms with Gasteiger partial charge in [-0.3, -0.25) is 0 Å². The minimum Gasteiger partial charge on any atom is -0.375 e. The van der Waals surface area contributed by atoms with Gasteiger partial charge in [-0.1, -0.05) is 43.0 Å². The smallest absolute Gasteiger partial charge is 0.0946 e. The molecule has 0 aliphatic rings. The van der Waals surface area contributed by atoms with Crippen LogP contribution in [0.5, 0.6) is 0 Å². The van der Waals surface area contributed by atoms with Crippen molar-refractivity contribution in [2.45, 2.75) is 43.7 Å². The summed E-state index contributed by atoms with van der Waals surface area (Å²) in [5.41, 5.74) is 0. The SMILES string of the molecule is CCCCCOC(CSc1ccc(Cl)cc1Cl)Cn1ccnc1. The van der Waals surface area contributed by atoms with E-state index < -0.39 is 0 Å². The monoisotopic (exact) mass is 372 g/mol. The third-order valence-electron chi connectivity index (χ3n) is 3.39. The molecule has 0 radical (unpaired) electrons. The highest BCUT2D eigenvalue weighted by Crippen LogP contribution is 2.30. The van der Waals surface area contributed by atoms with Crippen LogP contribution in [0, 0.1) is 0 Å². The van der Waals surface area contributed by atoms with Crippen LogP contribution in [0.4, 0.5) is 0 Å². The van der Waals surface area contributed by atoms with E-state index in [-0.39, 0.29) is 6.10 Å². The second-order valence-electron chi connectivity index (χ2n) is 5.35. The Morgan fingerprint density at radius 3 is 2.87 bits per heavy atom. The second-order valence-corrected chi connectivity index (χ2v) is 7.25. The molecule has 0 saturated heterocycles. The van der Waals surface area contributed by atoms with Crippen molar-refractivity contribution in [3.63, 3.8) is 0 Å². The molecule has 0 bridgehead atoms. The van der Waals surface area contributed by atoms with Crippen LogP contribution in [-0.4, -0.2) is 28.0 Å². The number of aromatic nitrogens is 2. The van der Waals surface area contributed by atoms with Crippen LogP contribution in [0.25, 0.3) is 0 Å². The number of ether oxygens (including phenoxy) is 1. The first-order valence-corrected chi connectivity index (χ1v) is 9.58. The van der Waals surface area contributed by atoms with Gasteiger partial charge in [-0.05, 0) is 24.6 Å². The predicted molar refractivity (Wildman–Crippen MR) is 98.7 cm³/mol. The molecule has 0 N–H and O–H groups in total. The van der Waals surface area contributed by atoms with Gasteiger partial charge in [-0.15, -0.1) is 11.8 Å². The Kier molecular flexibility index (Phi) is 8.31.